The van der Waals surface area contributed by atoms with Gasteiger partial charge in [-0.3, -0.25) is 5.10 Å². The molecule has 0 radical (unpaired) electrons. The Kier molecular flexibility index (Phi) is 2.26. The predicted octanol–water partition coefficient (Wildman–Crippen LogP) is 2.23. The Morgan fingerprint density at radius 1 is 1.45 bits per heavy atom. The molecule has 2 nitrogen and oxygen atoms in total. The molecule has 0 atom stereocenters. The average Bonchev–Trinajstić information content (AvgIpc) is 2.29. The highest BCUT2D eigenvalue weighted by molar-refractivity contribution is 5.55. The van der Waals surface area contributed by atoms with Gasteiger partial charge in [-0.2, -0.15) is 5.10 Å². The fraction of sp³-hybridized carbons (Fsp3) is 0.222. The zero-order valence-electron chi connectivity index (χ0n) is 6.89. The molecule has 0 aliphatic carbocycles. The molecular formula is C9H12N2. The van der Waals surface area contributed by atoms with Crippen LogP contribution in [0.5, 0.6) is 0 Å². The zero-order valence-corrected chi connectivity index (χ0v) is 6.89. The van der Waals surface area contributed by atoms with E-state index in [0.717, 1.165) is 17.0 Å². The van der Waals surface area contributed by atoms with Gasteiger partial charge >= 0.3 is 0 Å². The maximum absolute atomic E-state index is 4.06. The number of hydrogen-bond donors (Lipinski definition) is 1. The summed E-state index contributed by atoms with van der Waals surface area (Å²) in [6, 6.07) is 0. The molecule has 1 rings (SSSR count). The van der Waals surface area contributed by atoms with Crippen molar-refractivity contribution in [3.63, 3.8) is 0 Å². The third kappa shape index (κ3) is 1.58. The number of nitrogens with zero attached hydrogens (tertiary/aromatic N) is 1. The van der Waals surface area contributed by atoms with Crippen LogP contribution < -0.4 is 0 Å². The quantitative estimate of drug-likeness (QED) is 0.640. The van der Waals surface area contributed by atoms with Gasteiger partial charge in [0.05, 0.1) is 5.69 Å². The summed E-state index contributed by atoms with van der Waals surface area (Å²) < 4.78 is 0. The molecule has 0 amide bonds. The second-order valence-electron chi connectivity index (χ2n) is 2.44. The largest absolute Gasteiger partial charge is 0.282 e. The van der Waals surface area contributed by atoms with E-state index in [1.165, 1.54) is 0 Å². The van der Waals surface area contributed by atoms with Crippen LogP contribution in [0.15, 0.2) is 18.7 Å². The standard InChI is InChI=1S/C9H12N2/c1-4-5-6-9-7(2)10-11-8(9)3/h4-6H,1H2,2-3H3,(H,10,11)/b6-5-. The molecule has 1 N–H and O–H groups in total. The SMILES string of the molecule is C=C/C=C\c1c(C)n[nH]c1C. The van der Waals surface area contributed by atoms with E-state index in [2.05, 4.69) is 16.8 Å². The molecule has 58 valence electrons. The Balaban J connectivity index is 3.00. The Hall–Kier alpha value is -1.31. The lowest BCUT2D eigenvalue weighted by molar-refractivity contribution is 1.02. The van der Waals surface area contributed by atoms with Gasteiger partial charge in [-0.05, 0) is 13.8 Å². The summed E-state index contributed by atoms with van der Waals surface area (Å²) in [6.07, 6.45) is 5.66. The van der Waals surface area contributed by atoms with Gasteiger partial charge in [0, 0.05) is 11.3 Å². The fourth-order valence-corrected chi connectivity index (χ4v) is 0.969. The molecule has 1 aromatic heterocycles. The molecule has 0 spiro atoms. The van der Waals surface area contributed by atoms with E-state index in [1.54, 1.807) is 6.08 Å². The van der Waals surface area contributed by atoms with E-state index in [-0.39, 0.29) is 0 Å². The number of H-pyrrole nitrogens is 1. The number of aromatic nitrogens is 2. The lowest BCUT2D eigenvalue weighted by Crippen LogP contribution is -1.75. The van der Waals surface area contributed by atoms with Crippen molar-refractivity contribution < 1.29 is 0 Å². The number of aromatic amines is 1. The summed E-state index contributed by atoms with van der Waals surface area (Å²) in [5.41, 5.74) is 3.28. The molecule has 11 heavy (non-hydrogen) atoms. The van der Waals surface area contributed by atoms with E-state index < -0.39 is 0 Å². The highest BCUT2D eigenvalue weighted by atomic mass is 15.1. The lowest BCUT2D eigenvalue weighted by atomic mass is 10.2. The van der Waals surface area contributed by atoms with Gasteiger partial charge in [-0.15, -0.1) is 0 Å². The first-order chi connectivity index (χ1) is 5.25. The third-order valence-electron chi connectivity index (χ3n) is 1.58. The molecule has 1 heterocycles. The summed E-state index contributed by atoms with van der Waals surface area (Å²) in [5.74, 6) is 0. The van der Waals surface area contributed by atoms with Crippen molar-refractivity contribution in [3.8, 4) is 0 Å². The molecule has 0 bridgehead atoms. The molecular weight excluding hydrogens is 136 g/mol. The van der Waals surface area contributed by atoms with Crippen LogP contribution in [0.25, 0.3) is 6.08 Å². The average molecular weight is 148 g/mol. The van der Waals surface area contributed by atoms with E-state index in [0.29, 0.717) is 0 Å². The zero-order chi connectivity index (χ0) is 8.27. The van der Waals surface area contributed by atoms with E-state index in [9.17, 15) is 0 Å². The Bertz CT molecular complexity index is 262. The Morgan fingerprint density at radius 2 is 2.18 bits per heavy atom. The van der Waals surface area contributed by atoms with Crippen LogP contribution in [-0.4, -0.2) is 10.2 Å². The minimum absolute atomic E-state index is 1.03. The first kappa shape index (κ1) is 7.79. The summed E-state index contributed by atoms with van der Waals surface area (Å²) in [6.45, 7) is 7.58. The molecule has 0 saturated carbocycles. The first-order valence-electron chi connectivity index (χ1n) is 3.56. The van der Waals surface area contributed by atoms with Crippen molar-refractivity contribution in [1.29, 1.82) is 0 Å². The van der Waals surface area contributed by atoms with Crippen molar-refractivity contribution >= 4 is 6.08 Å². The number of aryl methyl sites for hydroxylation is 2. The molecule has 2 heteroatoms. The normalized spacial score (nSPS) is 10.7. The molecule has 0 unspecified atom stereocenters. The summed E-state index contributed by atoms with van der Waals surface area (Å²) >= 11 is 0. The third-order valence-corrected chi connectivity index (χ3v) is 1.58. The van der Waals surface area contributed by atoms with Crippen LogP contribution >= 0.6 is 0 Å². The minimum Gasteiger partial charge on any atom is -0.282 e. The van der Waals surface area contributed by atoms with E-state index >= 15 is 0 Å². The van der Waals surface area contributed by atoms with Crippen LogP contribution in [0, 0.1) is 13.8 Å². The van der Waals surface area contributed by atoms with Crippen molar-refractivity contribution in [2.75, 3.05) is 0 Å². The van der Waals surface area contributed by atoms with Gasteiger partial charge in [0.2, 0.25) is 0 Å². The van der Waals surface area contributed by atoms with Crippen molar-refractivity contribution in [3.05, 3.63) is 35.7 Å². The van der Waals surface area contributed by atoms with Crippen molar-refractivity contribution in [2.24, 2.45) is 0 Å². The minimum atomic E-state index is 1.03. The number of nitrogens with one attached hydrogen (secondary N) is 1. The topological polar surface area (TPSA) is 28.7 Å². The van der Waals surface area contributed by atoms with Gasteiger partial charge < -0.3 is 0 Å². The van der Waals surface area contributed by atoms with Gasteiger partial charge in [-0.1, -0.05) is 24.8 Å². The molecule has 0 saturated heterocycles. The second kappa shape index (κ2) is 3.19. The van der Waals surface area contributed by atoms with Gasteiger partial charge in [0.1, 0.15) is 0 Å². The monoisotopic (exact) mass is 148 g/mol. The van der Waals surface area contributed by atoms with Crippen LogP contribution in [-0.2, 0) is 0 Å². The molecule has 0 aliphatic heterocycles. The molecule has 0 aliphatic rings. The van der Waals surface area contributed by atoms with E-state index in [1.807, 2.05) is 26.0 Å². The number of allylic oxidation sites excluding steroid dienone is 2. The van der Waals surface area contributed by atoms with Crippen molar-refractivity contribution in [1.82, 2.24) is 10.2 Å². The van der Waals surface area contributed by atoms with Gasteiger partial charge in [-0.25, -0.2) is 0 Å². The molecule has 0 aromatic carbocycles. The smallest absolute Gasteiger partial charge is 0.0666 e. The molecule has 1 aromatic rings. The summed E-state index contributed by atoms with van der Waals surface area (Å²) in [5, 5.41) is 6.97. The van der Waals surface area contributed by atoms with Crippen LogP contribution in [0.3, 0.4) is 0 Å². The maximum atomic E-state index is 4.06. The lowest BCUT2D eigenvalue weighted by Gasteiger charge is -1.88. The van der Waals surface area contributed by atoms with Crippen LogP contribution in [0.2, 0.25) is 0 Å². The molecule has 0 fully saturated rings. The highest BCUT2D eigenvalue weighted by Gasteiger charge is 1.99. The van der Waals surface area contributed by atoms with E-state index in [4.69, 9.17) is 0 Å². The number of hydrogen-bond acceptors (Lipinski definition) is 1. The van der Waals surface area contributed by atoms with Crippen molar-refractivity contribution in [2.45, 2.75) is 13.8 Å². The second-order valence-corrected chi connectivity index (χ2v) is 2.44. The summed E-state index contributed by atoms with van der Waals surface area (Å²) in [7, 11) is 0. The van der Waals surface area contributed by atoms with Gasteiger partial charge in [0.25, 0.3) is 0 Å². The Morgan fingerprint density at radius 3 is 2.64 bits per heavy atom. The predicted molar refractivity (Wildman–Crippen MR) is 47.3 cm³/mol. The highest BCUT2D eigenvalue weighted by Crippen LogP contribution is 2.10. The fourth-order valence-electron chi connectivity index (χ4n) is 0.969. The Labute approximate surface area is 66.6 Å². The van der Waals surface area contributed by atoms with Crippen LogP contribution in [0.4, 0.5) is 0 Å². The summed E-state index contributed by atoms with van der Waals surface area (Å²) in [4.78, 5) is 0. The first-order valence-corrected chi connectivity index (χ1v) is 3.56. The van der Waals surface area contributed by atoms with Gasteiger partial charge in [0.15, 0.2) is 0 Å². The van der Waals surface area contributed by atoms with Crippen LogP contribution in [0.1, 0.15) is 17.0 Å². The maximum Gasteiger partial charge on any atom is 0.0666 e. The number of rotatable bonds is 2.